The molecule has 1 aliphatic rings. The highest BCUT2D eigenvalue weighted by atomic mass is 14.9. The predicted octanol–water partition coefficient (Wildman–Crippen LogP) is 1.61. The molecule has 3 N–H and O–H groups in total. The molecular weight excluding hydrogens is 172 g/mol. The third-order valence-corrected chi connectivity index (χ3v) is 2.91. The summed E-state index contributed by atoms with van der Waals surface area (Å²) < 4.78 is 0. The molecule has 1 heterocycles. The summed E-state index contributed by atoms with van der Waals surface area (Å²) >= 11 is 0. The molecule has 1 atom stereocenters. The minimum atomic E-state index is 0.531. The van der Waals surface area contributed by atoms with Crippen LogP contribution in [0.4, 0.5) is 0 Å². The molecular formula is C12H18N2. The van der Waals surface area contributed by atoms with Crippen molar-refractivity contribution in [3.8, 4) is 0 Å². The Hall–Kier alpha value is -0.860. The van der Waals surface area contributed by atoms with E-state index < -0.39 is 0 Å². The second-order valence-corrected chi connectivity index (χ2v) is 3.89. The van der Waals surface area contributed by atoms with Crippen LogP contribution >= 0.6 is 0 Å². The molecule has 0 saturated carbocycles. The molecule has 0 aromatic heterocycles. The van der Waals surface area contributed by atoms with Gasteiger partial charge in [0.2, 0.25) is 0 Å². The van der Waals surface area contributed by atoms with Crippen LogP contribution in [0.25, 0.3) is 0 Å². The third kappa shape index (κ3) is 1.97. The van der Waals surface area contributed by atoms with Crippen LogP contribution < -0.4 is 11.1 Å². The van der Waals surface area contributed by atoms with Crippen LogP contribution in [0.5, 0.6) is 0 Å². The van der Waals surface area contributed by atoms with Gasteiger partial charge in [-0.25, -0.2) is 0 Å². The fraction of sp³-hybridized carbons (Fsp3) is 0.500. The van der Waals surface area contributed by atoms with Crippen LogP contribution in [-0.2, 0) is 6.42 Å². The van der Waals surface area contributed by atoms with Gasteiger partial charge in [-0.1, -0.05) is 24.3 Å². The molecule has 1 aromatic rings. The van der Waals surface area contributed by atoms with Gasteiger partial charge in [-0.2, -0.15) is 0 Å². The molecule has 0 spiro atoms. The monoisotopic (exact) mass is 190 g/mol. The van der Waals surface area contributed by atoms with E-state index in [4.69, 9.17) is 5.73 Å². The summed E-state index contributed by atoms with van der Waals surface area (Å²) in [6.45, 7) is 1.90. The number of nitrogens with two attached hydrogens (primary N) is 1. The summed E-state index contributed by atoms with van der Waals surface area (Å²) in [5.74, 6) is 0. The minimum Gasteiger partial charge on any atom is -0.330 e. The molecule has 0 aliphatic carbocycles. The quantitative estimate of drug-likeness (QED) is 0.760. The van der Waals surface area contributed by atoms with E-state index >= 15 is 0 Å². The first-order valence-corrected chi connectivity index (χ1v) is 5.43. The Morgan fingerprint density at radius 2 is 2.21 bits per heavy atom. The van der Waals surface area contributed by atoms with Crippen molar-refractivity contribution in [3.05, 3.63) is 35.4 Å². The van der Waals surface area contributed by atoms with Gasteiger partial charge in [0.25, 0.3) is 0 Å². The van der Waals surface area contributed by atoms with E-state index in [1.807, 2.05) is 0 Å². The van der Waals surface area contributed by atoms with Crippen molar-refractivity contribution >= 4 is 0 Å². The van der Waals surface area contributed by atoms with Gasteiger partial charge < -0.3 is 11.1 Å². The fourth-order valence-electron chi connectivity index (χ4n) is 2.17. The molecule has 0 bridgehead atoms. The number of hydrogen-bond acceptors (Lipinski definition) is 2. The number of fused-ring (bicyclic) bond motifs is 1. The van der Waals surface area contributed by atoms with E-state index in [1.165, 1.54) is 11.1 Å². The van der Waals surface area contributed by atoms with Crippen molar-refractivity contribution in [2.24, 2.45) is 5.73 Å². The zero-order chi connectivity index (χ0) is 9.80. The highest BCUT2D eigenvalue weighted by molar-refractivity contribution is 5.32. The van der Waals surface area contributed by atoms with Crippen molar-refractivity contribution in [1.29, 1.82) is 0 Å². The summed E-state index contributed by atoms with van der Waals surface area (Å²) in [4.78, 5) is 0. The molecule has 2 nitrogen and oxygen atoms in total. The second kappa shape index (κ2) is 4.58. The molecule has 76 valence electrons. The Labute approximate surface area is 85.5 Å². The maximum atomic E-state index is 5.54. The van der Waals surface area contributed by atoms with Crippen LogP contribution in [0.15, 0.2) is 24.3 Å². The maximum Gasteiger partial charge on any atom is 0.0323 e. The largest absolute Gasteiger partial charge is 0.330 e. The normalized spacial score (nSPS) is 20.5. The molecule has 0 amide bonds. The molecule has 2 heteroatoms. The molecule has 14 heavy (non-hydrogen) atoms. The zero-order valence-corrected chi connectivity index (χ0v) is 8.50. The molecule has 2 rings (SSSR count). The number of rotatable bonds is 3. The van der Waals surface area contributed by atoms with Gasteiger partial charge in [0, 0.05) is 6.04 Å². The van der Waals surface area contributed by atoms with E-state index in [2.05, 4.69) is 29.6 Å². The Balaban J connectivity index is 2.14. The number of hydrogen-bond donors (Lipinski definition) is 2. The topological polar surface area (TPSA) is 38.0 Å². The van der Waals surface area contributed by atoms with Crippen LogP contribution in [0.1, 0.15) is 30.0 Å². The zero-order valence-electron chi connectivity index (χ0n) is 8.50. The first-order chi connectivity index (χ1) is 6.92. The average Bonchev–Trinajstić information content (AvgIpc) is 2.26. The molecule has 1 unspecified atom stereocenters. The van der Waals surface area contributed by atoms with Crippen LogP contribution in [0, 0.1) is 0 Å². The molecule has 1 aliphatic heterocycles. The Morgan fingerprint density at radius 1 is 1.36 bits per heavy atom. The Bertz CT molecular complexity index is 296. The van der Waals surface area contributed by atoms with Gasteiger partial charge in [-0.3, -0.25) is 0 Å². The van der Waals surface area contributed by atoms with Crippen molar-refractivity contribution < 1.29 is 0 Å². The lowest BCUT2D eigenvalue weighted by Gasteiger charge is -2.26. The van der Waals surface area contributed by atoms with Crippen molar-refractivity contribution in [2.45, 2.75) is 25.3 Å². The molecule has 1 aromatic carbocycles. The SMILES string of the molecule is NCCCC1NCCc2ccccc21. The predicted molar refractivity (Wildman–Crippen MR) is 59.2 cm³/mol. The van der Waals surface area contributed by atoms with Gasteiger partial charge in [-0.05, 0) is 43.5 Å². The molecule has 0 saturated heterocycles. The average molecular weight is 190 g/mol. The first kappa shape index (κ1) is 9.69. The van der Waals surface area contributed by atoms with Crippen LogP contribution in [-0.4, -0.2) is 13.1 Å². The van der Waals surface area contributed by atoms with E-state index in [-0.39, 0.29) is 0 Å². The van der Waals surface area contributed by atoms with Gasteiger partial charge >= 0.3 is 0 Å². The highest BCUT2D eigenvalue weighted by Crippen LogP contribution is 2.25. The van der Waals surface area contributed by atoms with Gasteiger partial charge in [-0.15, -0.1) is 0 Å². The maximum absolute atomic E-state index is 5.54. The molecule has 0 fully saturated rings. The summed E-state index contributed by atoms with van der Waals surface area (Å²) in [5.41, 5.74) is 8.52. The summed E-state index contributed by atoms with van der Waals surface area (Å²) in [6.07, 6.45) is 3.43. The Kier molecular flexibility index (Phi) is 3.17. The number of nitrogens with one attached hydrogen (secondary N) is 1. The third-order valence-electron chi connectivity index (χ3n) is 2.91. The smallest absolute Gasteiger partial charge is 0.0323 e. The van der Waals surface area contributed by atoms with Crippen molar-refractivity contribution in [3.63, 3.8) is 0 Å². The first-order valence-electron chi connectivity index (χ1n) is 5.43. The summed E-state index contributed by atoms with van der Waals surface area (Å²) in [5, 5.41) is 3.55. The van der Waals surface area contributed by atoms with Gasteiger partial charge in [0.15, 0.2) is 0 Å². The lowest BCUT2D eigenvalue weighted by Crippen LogP contribution is -2.30. The van der Waals surface area contributed by atoms with Crippen LogP contribution in [0.3, 0.4) is 0 Å². The second-order valence-electron chi connectivity index (χ2n) is 3.89. The Morgan fingerprint density at radius 3 is 3.07 bits per heavy atom. The van der Waals surface area contributed by atoms with E-state index in [0.29, 0.717) is 6.04 Å². The summed E-state index contributed by atoms with van der Waals surface area (Å²) in [7, 11) is 0. The molecule has 0 radical (unpaired) electrons. The van der Waals surface area contributed by atoms with Gasteiger partial charge in [0.05, 0.1) is 0 Å². The summed E-state index contributed by atoms with van der Waals surface area (Å²) in [6, 6.07) is 9.27. The fourth-order valence-corrected chi connectivity index (χ4v) is 2.17. The van der Waals surface area contributed by atoms with E-state index in [9.17, 15) is 0 Å². The van der Waals surface area contributed by atoms with Crippen molar-refractivity contribution in [2.75, 3.05) is 13.1 Å². The lowest BCUT2D eigenvalue weighted by atomic mass is 9.92. The van der Waals surface area contributed by atoms with E-state index in [0.717, 1.165) is 32.4 Å². The standard InChI is InChI=1S/C12H18N2/c13-8-3-6-12-11-5-2-1-4-10(11)7-9-14-12/h1-2,4-5,12,14H,3,6-9,13H2. The highest BCUT2D eigenvalue weighted by Gasteiger charge is 2.17. The lowest BCUT2D eigenvalue weighted by molar-refractivity contribution is 0.465. The van der Waals surface area contributed by atoms with E-state index in [1.54, 1.807) is 0 Å². The van der Waals surface area contributed by atoms with Gasteiger partial charge in [0.1, 0.15) is 0 Å². The van der Waals surface area contributed by atoms with Crippen LogP contribution in [0.2, 0.25) is 0 Å². The minimum absolute atomic E-state index is 0.531. The van der Waals surface area contributed by atoms with Crippen molar-refractivity contribution in [1.82, 2.24) is 5.32 Å². The number of benzene rings is 1.